The lowest BCUT2D eigenvalue weighted by Gasteiger charge is -2.07. The Balaban J connectivity index is 1.99. The van der Waals surface area contributed by atoms with Crippen molar-refractivity contribution in [2.24, 2.45) is 0 Å². The maximum absolute atomic E-state index is 10.3. The Kier molecular flexibility index (Phi) is 3.76. The monoisotopic (exact) mass is 227 g/mol. The summed E-state index contributed by atoms with van der Waals surface area (Å²) in [4.78, 5) is 10.3. The number of ether oxygens (including phenoxy) is 1. The van der Waals surface area contributed by atoms with Crippen LogP contribution in [0.2, 0.25) is 0 Å². The van der Waals surface area contributed by atoms with Crippen LogP contribution in [0.5, 0.6) is 5.75 Å². The van der Waals surface area contributed by atoms with E-state index in [0.717, 1.165) is 17.0 Å². The summed E-state index contributed by atoms with van der Waals surface area (Å²) in [6.07, 6.45) is 0.649. The van der Waals surface area contributed by atoms with Gasteiger partial charge in [-0.05, 0) is 17.7 Å². The largest absolute Gasteiger partial charge is 0.489 e. The lowest BCUT2D eigenvalue weighted by Crippen LogP contribution is -1.97. The van der Waals surface area contributed by atoms with E-state index < -0.39 is 0 Å². The van der Waals surface area contributed by atoms with Gasteiger partial charge >= 0.3 is 0 Å². The predicted octanol–water partition coefficient (Wildman–Crippen LogP) is 2.83. The van der Waals surface area contributed by atoms with E-state index in [1.807, 2.05) is 48.5 Å². The van der Waals surface area contributed by atoms with E-state index in [-0.39, 0.29) is 0 Å². The maximum Gasteiger partial charge on any atom is 0.211 e. The first-order valence-electron chi connectivity index (χ1n) is 5.35. The van der Waals surface area contributed by atoms with Crippen LogP contribution in [-0.4, -0.2) is 6.41 Å². The number of nitrogens with one attached hydrogen (secondary N) is 1. The molecule has 0 aliphatic rings. The first-order chi connectivity index (χ1) is 8.38. The highest BCUT2D eigenvalue weighted by Gasteiger charge is 1.97. The van der Waals surface area contributed by atoms with Crippen molar-refractivity contribution in [1.82, 2.24) is 0 Å². The Morgan fingerprint density at radius 1 is 1.06 bits per heavy atom. The molecule has 0 fully saturated rings. The highest BCUT2D eigenvalue weighted by molar-refractivity contribution is 5.71. The fraction of sp³-hybridized carbons (Fsp3) is 0.0714. The molecule has 1 amide bonds. The third-order valence-corrected chi connectivity index (χ3v) is 2.31. The van der Waals surface area contributed by atoms with Crippen LogP contribution in [0, 0.1) is 0 Å². The number of anilines is 1. The van der Waals surface area contributed by atoms with Gasteiger partial charge in [0.2, 0.25) is 6.41 Å². The third kappa shape index (κ3) is 3.34. The number of carbonyl (C=O) groups is 1. The summed E-state index contributed by atoms with van der Waals surface area (Å²) in [5.41, 5.74) is 1.84. The van der Waals surface area contributed by atoms with Crippen LogP contribution >= 0.6 is 0 Å². The Hall–Kier alpha value is -2.29. The normalized spacial score (nSPS) is 9.65. The standard InChI is InChI=1S/C14H13NO2/c16-11-15-13-7-4-8-14(9-13)17-10-12-5-2-1-3-6-12/h1-9,11H,10H2,(H,15,16). The number of carbonyl (C=O) groups excluding carboxylic acids is 1. The van der Waals surface area contributed by atoms with Crippen molar-refractivity contribution in [2.45, 2.75) is 6.61 Å². The summed E-state index contributed by atoms with van der Waals surface area (Å²) >= 11 is 0. The summed E-state index contributed by atoms with van der Waals surface area (Å²) < 4.78 is 5.62. The zero-order valence-electron chi connectivity index (χ0n) is 9.30. The molecule has 17 heavy (non-hydrogen) atoms. The van der Waals surface area contributed by atoms with Gasteiger partial charge in [-0.3, -0.25) is 4.79 Å². The molecule has 0 spiro atoms. The molecule has 0 bridgehead atoms. The van der Waals surface area contributed by atoms with Crippen molar-refractivity contribution < 1.29 is 9.53 Å². The van der Waals surface area contributed by atoms with Crippen molar-refractivity contribution >= 4 is 12.1 Å². The van der Waals surface area contributed by atoms with Crippen LogP contribution in [0.1, 0.15) is 5.56 Å². The highest BCUT2D eigenvalue weighted by Crippen LogP contribution is 2.17. The van der Waals surface area contributed by atoms with Gasteiger partial charge in [-0.1, -0.05) is 36.4 Å². The van der Waals surface area contributed by atoms with Crippen LogP contribution in [0.4, 0.5) is 5.69 Å². The molecule has 0 aliphatic carbocycles. The van der Waals surface area contributed by atoms with Crippen molar-refractivity contribution in [3.05, 3.63) is 60.2 Å². The van der Waals surface area contributed by atoms with Crippen molar-refractivity contribution in [3.8, 4) is 5.75 Å². The van der Waals surface area contributed by atoms with Crippen molar-refractivity contribution in [3.63, 3.8) is 0 Å². The van der Waals surface area contributed by atoms with Gasteiger partial charge in [-0.15, -0.1) is 0 Å². The van der Waals surface area contributed by atoms with Gasteiger partial charge in [0.05, 0.1) is 0 Å². The maximum atomic E-state index is 10.3. The van der Waals surface area contributed by atoms with E-state index in [1.54, 1.807) is 6.07 Å². The molecule has 1 N–H and O–H groups in total. The van der Waals surface area contributed by atoms with Crippen LogP contribution in [-0.2, 0) is 11.4 Å². The zero-order chi connectivity index (χ0) is 11.9. The van der Waals surface area contributed by atoms with Gasteiger partial charge in [0, 0.05) is 11.8 Å². The van der Waals surface area contributed by atoms with Gasteiger partial charge < -0.3 is 10.1 Å². The highest BCUT2D eigenvalue weighted by atomic mass is 16.5. The minimum Gasteiger partial charge on any atom is -0.489 e. The molecule has 0 heterocycles. The van der Waals surface area contributed by atoms with E-state index in [0.29, 0.717) is 13.0 Å². The van der Waals surface area contributed by atoms with Crippen LogP contribution < -0.4 is 10.1 Å². The molecule has 0 unspecified atom stereocenters. The predicted molar refractivity (Wildman–Crippen MR) is 66.9 cm³/mol. The number of amides is 1. The summed E-state index contributed by atoms with van der Waals surface area (Å²) in [6.45, 7) is 0.519. The average molecular weight is 227 g/mol. The summed E-state index contributed by atoms with van der Waals surface area (Å²) in [7, 11) is 0. The van der Waals surface area contributed by atoms with Gasteiger partial charge in [-0.2, -0.15) is 0 Å². The minimum absolute atomic E-state index is 0.519. The topological polar surface area (TPSA) is 38.3 Å². The smallest absolute Gasteiger partial charge is 0.211 e. The number of hydrogen-bond acceptors (Lipinski definition) is 2. The molecular weight excluding hydrogens is 214 g/mol. The molecule has 0 aliphatic heterocycles. The molecule has 0 radical (unpaired) electrons. The van der Waals surface area contributed by atoms with Crippen molar-refractivity contribution in [1.29, 1.82) is 0 Å². The second-order valence-electron chi connectivity index (χ2n) is 3.56. The van der Waals surface area contributed by atoms with Gasteiger partial charge in [-0.25, -0.2) is 0 Å². The first kappa shape index (κ1) is 11.2. The second kappa shape index (κ2) is 5.70. The van der Waals surface area contributed by atoms with E-state index in [2.05, 4.69) is 5.32 Å². The van der Waals surface area contributed by atoms with E-state index in [9.17, 15) is 4.79 Å². The Labute approximate surface area is 100 Å². The molecule has 3 heteroatoms. The molecule has 2 aromatic rings. The van der Waals surface area contributed by atoms with E-state index >= 15 is 0 Å². The first-order valence-corrected chi connectivity index (χ1v) is 5.35. The molecule has 86 valence electrons. The molecular formula is C14H13NO2. The summed E-state index contributed by atoms with van der Waals surface area (Å²) in [5.74, 6) is 0.737. The Morgan fingerprint density at radius 2 is 1.88 bits per heavy atom. The van der Waals surface area contributed by atoms with Crippen LogP contribution in [0.25, 0.3) is 0 Å². The molecule has 0 saturated heterocycles. The van der Waals surface area contributed by atoms with Gasteiger partial charge in [0.15, 0.2) is 0 Å². The minimum atomic E-state index is 0.519. The Morgan fingerprint density at radius 3 is 2.65 bits per heavy atom. The second-order valence-corrected chi connectivity index (χ2v) is 3.56. The molecule has 2 aromatic carbocycles. The Bertz CT molecular complexity index is 483. The van der Waals surface area contributed by atoms with Gasteiger partial charge in [0.25, 0.3) is 0 Å². The molecule has 0 atom stereocenters. The van der Waals surface area contributed by atoms with Crippen molar-refractivity contribution in [2.75, 3.05) is 5.32 Å². The fourth-order valence-corrected chi connectivity index (χ4v) is 1.48. The van der Waals surface area contributed by atoms with E-state index in [1.165, 1.54) is 0 Å². The SMILES string of the molecule is O=CNc1cccc(OCc2ccccc2)c1. The molecule has 0 saturated carbocycles. The lowest BCUT2D eigenvalue weighted by atomic mass is 10.2. The zero-order valence-corrected chi connectivity index (χ0v) is 9.30. The molecule has 0 aromatic heterocycles. The quantitative estimate of drug-likeness (QED) is 0.797. The fourth-order valence-electron chi connectivity index (χ4n) is 1.48. The summed E-state index contributed by atoms with van der Waals surface area (Å²) in [6, 6.07) is 17.2. The lowest BCUT2D eigenvalue weighted by molar-refractivity contribution is -0.105. The van der Waals surface area contributed by atoms with Crippen LogP contribution in [0.15, 0.2) is 54.6 Å². The van der Waals surface area contributed by atoms with Crippen LogP contribution in [0.3, 0.4) is 0 Å². The summed E-state index contributed by atoms with van der Waals surface area (Å²) in [5, 5.41) is 2.59. The third-order valence-electron chi connectivity index (χ3n) is 2.31. The van der Waals surface area contributed by atoms with Gasteiger partial charge in [0.1, 0.15) is 12.4 Å². The number of hydrogen-bond donors (Lipinski definition) is 1. The number of rotatable bonds is 5. The molecule has 2 rings (SSSR count). The van der Waals surface area contributed by atoms with E-state index in [4.69, 9.17) is 4.74 Å². The number of benzene rings is 2. The molecule has 3 nitrogen and oxygen atoms in total. The average Bonchev–Trinajstić information content (AvgIpc) is 2.39.